The molecule has 1 aliphatic carbocycles. The van der Waals surface area contributed by atoms with Crippen LogP contribution >= 0.6 is 0 Å². The molecule has 1 fully saturated rings. The quantitative estimate of drug-likeness (QED) is 0.690. The minimum Gasteiger partial charge on any atom is -0.394 e. The lowest BCUT2D eigenvalue weighted by Gasteiger charge is -2.18. The Morgan fingerprint density at radius 3 is 2.81 bits per heavy atom. The van der Waals surface area contributed by atoms with Crippen LogP contribution in [0.25, 0.3) is 0 Å². The zero-order chi connectivity index (χ0) is 11.6. The van der Waals surface area contributed by atoms with Crippen molar-refractivity contribution >= 4 is 11.6 Å². The maximum atomic E-state index is 9.27. The Hall–Kier alpha value is -1.36. The molecule has 4 N–H and O–H groups in total. The van der Waals surface area contributed by atoms with Gasteiger partial charge < -0.3 is 16.2 Å². The highest BCUT2D eigenvalue weighted by atomic mass is 16.3. The van der Waals surface area contributed by atoms with Crippen LogP contribution in [0.15, 0.2) is 6.33 Å². The number of aromatic nitrogens is 2. The summed E-state index contributed by atoms with van der Waals surface area (Å²) in [6.45, 7) is 2.23. The summed E-state index contributed by atoms with van der Waals surface area (Å²) in [6.07, 6.45) is 5.29. The van der Waals surface area contributed by atoms with E-state index in [1.165, 1.54) is 6.33 Å². The van der Waals surface area contributed by atoms with Gasteiger partial charge in [-0.3, -0.25) is 0 Å². The van der Waals surface area contributed by atoms with Crippen LogP contribution in [0.1, 0.15) is 31.7 Å². The van der Waals surface area contributed by atoms with Crippen LogP contribution in [-0.2, 0) is 6.42 Å². The standard InChI is InChI=1S/C11H18N4O/c1-2-3-8-9(12)13-7-14-10(8)15-11(6-16)4-5-11/h7,16H,2-6H2,1H3,(H3,12,13,14,15). The summed E-state index contributed by atoms with van der Waals surface area (Å²) in [6, 6.07) is 0. The molecular weight excluding hydrogens is 204 g/mol. The Morgan fingerprint density at radius 2 is 2.25 bits per heavy atom. The van der Waals surface area contributed by atoms with E-state index in [0.717, 1.165) is 37.1 Å². The van der Waals surface area contributed by atoms with E-state index in [1.54, 1.807) is 0 Å². The van der Waals surface area contributed by atoms with E-state index in [1.807, 2.05) is 0 Å². The molecule has 5 heteroatoms. The maximum absolute atomic E-state index is 9.27. The van der Waals surface area contributed by atoms with Crippen molar-refractivity contribution < 1.29 is 5.11 Å². The summed E-state index contributed by atoms with van der Waals surface area (Å²) in [4.78, 5) is 8.22. The predicted octanol–water partition coefficient (Wildman–Crippen LogP) is 0.948. The maximum Gasteiger partial charge on any atom is 0.135 e. The second-order valence-electron chi connectivity index (χ2n) is 4.40. The molecule has 1 aromatic rings. The molecule has 0 atom stereocenters. The normalized spacial score (nSPS) is 17.1. The molecule has 0 bridgehead atoms. The first-order valence-electron chi connectivity index (χ1n) is 5.69. The number of aliphatic hydroxyl groups is 1. The van der Waals surface area contributed by atoms with Gasteiger partial charge in [0.05, 0.1) is 12.1 Å². The number of nitrogen functional groups attached to an aromatic ring is 1. The lowest BCUT2D eigenvalue weighted by atomic mass is 10.1. The predicted molar refractivity (Wildman–Crippen MR) is 63.1 cm³/mol. The molecule has 0 aliphatic heterocycles. The van der Waals surface area contributed by atoms with Crippen LogP contribution in [0.3, 0.4) is 0 Å². The lowest BCUT2D eigenvalue weighted by molar-refractivity contribution is 0.266. The van der Waals surface area contributed by atoms with Gasteiger partial charge in [-0.15, -0.1) is 0 Å². The third kappa shape index (κ3) is 2.09. The summed E-state index contributed by atoms with van der Waals surface area (Å²) in [5, 5.41) is 12.6. The molecule has 0 saturated heterocycles. The average molecular weight is 222 g/mol. The van der Waals surface area contributed by atoms with Gasteiger partial charge in [0.25, 0.3) is 0 Å². The Kier molecular flexibility index (Phi) is 2.96. The summed E-state index contributed by atoms with van der Waals surface area (Å²) in [5.41, 5.74) is 6.63. The average Bonchev–Trinajstić information content (AvgIpc) is 3.04. The van der Waals surface area contributed by atoms with Crippen LogP contribution in [0.2, 0.25) is 0 Å². The van der Waals surface area contributed by atoms with Crippen LogP contribution < -0.4 is 11.1 Å². The molecule has 0 unspecified atom stereocenters. The number of hydrogen-bond acceptors (Lipinski definition) is 5. The number of hydrogen-bond donors (Lipinski definition) is 3. The number of nitrogens with zero attached hydrogens (tertiary/aromatic N) is 2. The van der Waals surface area contributed by atoms with Gasteiger partial charge in [-0.25, -0.2) is 9.97 Å². The van der Waals surface area contributed by atoms with E-state index in [0.29, 0.717) is 5.82 Å². The molecule has 0 aromatic carbocycles. The van der Waals surface area contributed by atoms with Crippen LogP contribution in [0.4, 0.5) is 11.6 Å². The summed E-state index contributed by atoms with van der Waals surface area (Å²) in [5.74, 6) is 1.31. The van der Waals surface area contributed by atoms with Gasteiger partial charge in [0.1, 0.15) is 18.0 Å². The van der Waals surface area contributed by atoms with E-state index in [2.05, 4.69) is 22.2 Å². The van der Waals surface area contributed by atoms with E-state index in [9.17, 15) is 5.11 Å². The van der Waals surface area contributed by atoms with Crippen LogP contribution in [-0.4, -0.2) is 27.2 Å². The van der Waals surface area contributed by atoms with Crippen molar-refractivity contribution in [2.24, 2.45) is 0 Å². The first kappa shape index (κ1) is 11.1. The second-order valence-corrected chi connectivity index (χ2v) is 4.40. The van der Waals surface area contributed by atoms with Crippen molar-refractivity contribution in [3.63, 3.8) is 0 Å². The van der Waals surface area contributed by atoms with Gasteiger partial charge >= 0.3 is 0 Å². The Morgan fingerprint density at radius 1 is 1.50 bits per heavy atom. The molecule has 1 aromatic heterocycles. The van der Waals surface area contributed by atoms with Crippen molar-refractivity contribution in [1.29, 1.82) is 0 Å². The largest absolute Gasteiger partial charge is 0.394 e. The fourth-order valence-corrected chi connectivity index (χ4v) is 1.75. The fourth-order valence-electron chi connectivity index (χ4n) is 1.75. The SMILES string of the molecule is CCCc1c(N)ncnc1NC1(CO)CC1. The first-order chi connectivity index (χ1) is 7.71. The Balaban J connectivity index is 2.22. The topological polar surface area (TPSA) is 84.1 Å². The number of nitrogens with one attached hydrogen (secondary N) is 1. The van der Waals surface area contributed by atoms with Gasteiger partial charge in [0, 0.05) is 5.56 Å². The third-order valence-corrected chi connectivity index (χ3v) is 3.02. The summed E-state index contributed by atoms with van der Waals surface area (Å²) in [7, 11) is 0. The zero-order valence-corrected chi connectivity index (χ0v) is 9.53. The highest BCUT2D eigenvalue weighted by Crippen LogP contribution is 2.39. The minimum absolute atomic E-state index is 0.141. The monoisotopic (exact) mass is 222 g/mol. The number of aliphatic hydroxyl groups excluding tert-OH is 1. The number of rotatable bonds is 5. The van der Waals surface area contributed by atoms with E-state index < -0.39 is 0 Å². The van der Waals surface area contributed by atoms with Crippen molar-refractivity contribution in [3.05, 3.63) is 11.9 Å². The van der Waals surface area contributed by atoms with E-state index >= 15 is 0 Å². The van der Waals surface area contributed by atoms with Gasteiger partial charge in [-0.05, 0) is 19.3 Å². The molecule has 2 rings (SSSR count). The number of nitrogens with two attached hydrogens (primary N) is 1. The lowest BCUT2D eigenvalue weighted by Crippen LogP contribution is -2.27. The molecule has 0 amide bonds. The highest BCUT2D eigenvalue weighted by Gasteiger charge is 2.42. The molecule has 0 spiro atoms. The van der Waals surface area contributed by atoms with E-state index in [4.69, 9.17) is 5.73 Å². The Labute approximate surface area is 95.1 Å². The van der Waals surface area contributed by atoms with Gasteiger partial charge in [-0.1, -0.05) is 13.3 Å². The van der Waals surface area contributed by atoms with Crippen molar-refractivity contribution in [1.82, 2.24) is 9.97 Å². The Bertz CT molecular complexity index is 376. The third-order valence-electron chi connectivity index (χ3n) is 3.02. The number of anilines is 2. The molecule has 88 valence electrons. The first-order valence-corrected chi connectivity index (χ1v) is 5.69. The van der Waals surface area contributed by atoms with E-state index in [-0.39, 0.29) is 12.1 Å². The summed E-state index contributed by atoms with van der Waals surface area (Å²) >= 11 is 0. The van der Waals surface area contributed by atoms with Crippen LogP contribution in [0, 0.1) is 0 Å². The minimum atomic E-state index is -0.163. The molecule has 1 saturated carbocycles. The van der Waals surface area contributed by atoms with Crippen molar-refractivity contribution in [3.8, 4) is 0 Å². The molecule has 1 aliphatic rings. The van der Waals surface area contributed by atoms with Gasteiger partial charge in [0.15, 0.2) is 0 Å². The van der Waals surface area contributed by atoms with Crippen LogP contribution in [0.5, 0.6) is 0 Å². The second kappa shape index (κ2) is 4.25. The highest BCUT2D eigenvalue weighted by molar-refractivity contribution is 5.57. The molecule has 1 heterocycles. The summed E-state index contributed by atoms with van der Waals surface area (Å²) < 4.78 is 0. The fraction of sp³-hybridized carbons (Fsp3) is 0.636. The van der Waals surface area contributed by atoms with Gasteiger partial charge in [-0.2, -0.15) is 0 Å². The zero-order valence-electron chi connectivity index (χ0n) is 9.53. The molecule has 16 heavy (non-hydrogen) atoms. The molecular formula is C11H18N4O. The van der Waals surface area contributed by atoms with Crippen molar-refractivity contribution in [2.75, 3.05) is 17.7 Å². The van der Waals surface area contributed by atoms with Gasteiger partial charge in [0.2, 0.25) is 0 Å². The molecule has 5 nitrogen and oxygen atoms in total. The smallest absolute Gasteiger partial charge is 0.135 e. The molecule has 0 radical (unpaired) electrons. The van der Waals surface area contributed by atoms with Crippen molar-refractivity contribution in [2.45, 2.75) is 38.1 Å².